The average Bonchev–Trinajstić information content (AvgIpc) is 3.29. The van der Waals surface area contributed by atoms with Crippen molar-refractivity contribution in [2.75, 3.05) is 25.1 Å². The SMILES string of the molecule is CCC(C)C(NC(=O)C(CCCCN)NC(=O)C1CCCN1C(=O)C(N)CCSC)C(=O)O. The number of aliphatic carboxylic acids is 1. The first-order chi connectivity index (χ1) is 15.7. The highest BCUT2D eigenvalue weighted by atomic mass is 32.2. The van der Waals surface area contributed by atoms with Crippen LogP contribution < -0.4 is 22.1 Å². The summed E-state index contributed by atoms with van der Waals surface area (Å²) in [4.78, 5) is 51.9. The van der Waals surface area contributed by atoms with Crippen molar-refractivity contribution in [3.63, 3.8) is 0 Å². The molecule has 0 radical (unpaired) electrons. The zero-order valence-electron chi connectivity index (χ0n) is 20.0. The van der Waals surface area contributed by atoms with Crippen molar-refractivity contribution in [1.29, 1.82) is 0 Å². The molecule has 10 nitrogen and oxygen atoms in total. The third kappa shape index (κ3) is 9.13. The highest BCUT2D eigenvalue weighted by Crippen LogP contribution is 2.20. The van der Waals surface area contributed by atoms with Crippen LogP contribution in [0.1, 0.15) is 58.8 Å². The van der Waals surface area contributed by atoms with E-state index in [9.17, 15) is 24.3 Å². The highest BCUT2D eigenvalue weighted by Gasteiger charge is 2.38. The van der Waals surface area contributed by atoms with Gasteiger partial charge < -0.3 is 32.1 Å². The lowest BCUT2D eigenvalue weighted by molar-refractivity contribution is -0.144. The van der Waals surface area contributed by atoms with Crippen molar-refractivity contribution in [2.24, 2.45) is 17.4 Å². The monoisotopic (exact) mass is 487 g/mol. The maximum absolute atomic E-state index is 13.1. The minimum Gasteiger partial charge on any atom is -0.480 e. The van der Waals surface area contributed by atoms with Crippen LogP contribution in [0.25, 0.3) is 0 Å². The molecule has 1 aliphatic heterocycles. The Morgan fingerprint density at radius 1 is 1.18 bits per heavy atom. The van der Waals surface area contributed by atoms with Crippen molar-refractivity contribution >= 4 is 35.5 Å². The molecule has 7 N–H and O–H groups in total. The van der Waals surface area contributed by atoms with E-state index in [1.807, 2.05) is 13.2 Å². The number of carbonyl (C=O) groups excluding carboxylic acids is 3. The Kier molecular flexibility index (Phi) is 13.4. The molecule has 0 saturated carbocycles. The predicted molar refractivity (Wildman–Crippen MR) is 130 cm³/mol. The summed E-state index contributed by atoms with van der Waals surface area (Å²) < 4.78 is 0. The number of carbonyl (C=O) groups is 4. The maximum atomic E-state index is 13.1. The van der Waals surface area contributed by atoms with Gasteiger partial charge in [-0.2, -0.15) is 11.8 Å². The largest absolute Gasteiger partial charge is 0.480 e. The molecule has 0 aromatic carbocycles. The van der Waals surface area contributed by atoms with Gasteiger partial charge in [-0.15, -0.1) is 0 Å². The number of nitrogens with zero attached hydrogens (tertiary/aromatic N) is 1. The van der Waals surface area contributed by atoms with Gasteiger partial charge in [-0.05, 0) is 63.0 Å². The fraction of sp³-hybridized carbons (Fsp3) is 0.818. The lowest BCUT2D eigenvalue weighted by Gasteiger charge is -2.29. The summed E-state index contributed by atoms with van der Waals surface area (Å²) in [6.45, 7) is 4.50. The summed E-state index contributed by atoms with van der Waals surface area (Å²) in [6, 6.07) is -3.30. The van der Waals surface area contributed by atoms with Crippen LogP contribution in [0.2, 0.25) is 0 Å². The smallest absolute Gasteiger partial charge is 0.326 e. The van der Waals surface area contributed by atoms with E-state index in [1.165, 1.54) is 4.90 Å². The number of unbranched alkanes of at least 4 members (excludes halogenated alkanes) is 1. The second kappa shape index (κ2) is 15.1. The van der Waals surface area contributed by atoms with Gasteiger partial charge in [0.25, 0.3) is 0 Å². The van der Waals surface area contributed by atoms with E-state index in [0.717, 1.165) is 5.75 Å². The van der Waals surface area contributed by atoms with E-state index < -0.39 is 42.0 Å². The van der Waals surface area contributed by atoms with Gasteiger partial charge in [0.15, 0.2) is 0 Å². The molecular formula is C22H41N5O5S. The van der Waals surface area contributed by atoms with Crippen LogP contribution in [-0.2, 0) is 19.2 Å². The Morgan fingerprint density at radius 3 is 2.45 bits per heavy atom. The van der Waals surface area contributed by atoms with Crippen LogP contribution in [0.5, 0.6) is 0 Å². The van der Waals surface area contributed by atoms with E-state index in [4.69, 9.17) is 11.5 Å². The molecule has 5 unspecified atom stereocenters. The molecular weight excluding hydrogens is 446 g/mol. The molecule has 1 saturated heterocycles. The molecule has 5 atom stereocenters. The lowest BCUT2D eigenvalue weighted by Crippen LogP contribution is -2.57. The fourth-order valence-electron chi connectivity index (χ4n) is 3.85. The maximum Gasteiger partial charge on any atom is 0.326 e. The van der Waals surface area contributed by atoms with Crippen LogP contribution >= 0.6 is 11.8 Å². The van der Waals surface area contributed by atoms with Crippen LogP contribution in [0.3, 0.4) is 0 Å². The standard InChI is InChI=1S/C22H41N5O5S/c1-4-14(2)18(22(31)32)26-19(28)16(8-5-6-11-23)25-20(29)17-9-7-12-27(17)21(30)15(24)10-13-33-3/h14-18H,4-13,23-24H2,1-3H3,(H,25,29)(H,26,28)(H,31,32). The molecule has 11 heteroatoms. The summed E-state index contributed by atoms with van der Waals surface area (Å²) in [5.41, 5.74) is 11.6. The Morgan fingerprint density at radius 2 is 1.88 bits per heavy atom. The Balaban J connectivity index is 2.91. The van der Waals surface area contributed by atoms with Gasteiger partial charge in [0, 0.05) is 6.54 Å². The number of nitrogens with one attached hydrogen (secondary N) is 2. The zero-order chi connectivity index (χ0) is 25.0. The molecule has 0 spiro atoms. The topological polar surface area (TPSA) is 168 Å². The lowest BCUT2D eigenvalue weighted by atomic mass is 9.98. The summed E-state index contributed by atoms with van der Waals surface area (Å²) in [5.74, 6) is -1.84. The van der Waals surface area contributed by atoms with Crippen molar-refractivity contribution in [1.82, 2.24) is 15.5 Å². The first-order valence-corrected chi connectivity index (χ1v) is 13.2. The minimum absolute atomic E-state index is 0.256. The molecule has 1 heterocycles. The molecule has 190 valence electrons. The number of hydrogen-bond acceptors (Lipinski definition) is 7. The van der Waals surface area contributed by atoms with Crippen LogP contribution in [0.15, 0.2) is 0 Å². The minimum atomic E-state index is -1.11. The number of carboxylic acids is 1. The molecule has 0 bridgehead atoms. The van der Waals surface area contributed by atoms with Crippen molar-refractivity contribution < 1.29 is 24.3 Å². The molecule has 1 rings (SSSR count). The number of nitrogens with two attached hydrogens (primary N) is 2. The van der Waals surface area contributed by atoms with Gasteiger partial charge >= 0.3 is 5.97 Å². The van der Waals surface area contributed by atoms with E-state index in [0.29, 0.717) is 58.0 Å². The third-order valence-electron chi connectivity index (χ3n) is 6.15. The number of amides is 3. The quantitative estimate of drug-likeness (QED) is 0.205. The summed E-state index contributed by atoms with van der Waals surface area (Å²) in [7, 11) is 0. The van der Waals surface area contributed by atoms with Crippen molar-refractivity contribution in [3.8, 4) is 0 Å². The van der Waals surface area contributed by atoms with Crippen LogP contribution in [0.4, 0.5) is 0 Å². The number of carboxylic acid groups (broad SMARTS) is 1. The van der Waals surface area contributed by atoms with Crippen LogP contribution in [0, 0.1) is 5.92 Å². The summed E-state index contributed by atoms with van der Waals surface area (Å²) >= 11 is 1.60. The Bertz CT molecular complexity index is 665. The van der Waals surface area contributed by atoms with Crippen LogP contribution in [-0.4, -0.2) is 83.0 Å². The number of hydrogen-bond donors (Lipinski definition) is 5. The number of thioether (sulfide) groups is 1. The predicted octanol–water partition coefficient (Wildman–Crippen LogP) is 0.287. The fourth-order valence-corrected chi connectivity index (χ4v) is 4.34. The van der Waals surface area contributed by atoms with E-state index in [1.54, 1.807) is 18.7 Å². The molecule has 3 amide bonds. The molecule has 0 aromatic heterocycles. The number of rotatable bonds is 15. The first-order valence-electron chi connectivity index (χ1n) is 11.8. The summed E-state index contributed by atoms with van der Waals surface area (Å²) in [5, 5.41) is 14.8. The van der Waals surface area contributed by atoms with Gasteiger partial charge in [-0.25, -0.2) is 4.79 Å². The Hall–Kier alpha value is -1.85. The molecule has 1 aliphatic rings. The normalized spacial score (nSPS) is 19.4. The van der Waals surface area contributed by atoms with Crippen molar-refractivity contribution in [3.05, 3.63) is 0 Å². The van der Waals surface area contributed by atoms with Gasteiger partial charge in [0.05, 0.1) is 6.04 Å². The summed E-state index contributed by atoms with van der Waals surface area (Å²) in [6.07, 6.45) is 5.82. The zero-order valence-corrected chi connectivity index (χ0v) is 20.9. The average molecular weight is 488 g/mol. The molecule has 0 aliphatic carbocycles. The van der Waals surface area contributed by atoms with E-state index >= 15 is 0 Å². The number of likely N-dealkylation sites (tertiary alicyclic amines) is 1. The van der Waals surface area contributed by atoms with E-state index in [2.05, 4.69) is 10.6 Å². The van der Waals surface area contributed by atoms with Crippen molar-refractivity contribution in [2.45, 2.75) is 83.0 Å². The van der Waals surface area contributed by atoms with E-state index in [-0.39, 0.29) is 11.8 Å². The molecule has 33 heavy (non-hydrogen) atoms. The Labute approximate surface area is 200 Å². The van der Waals surface area contributed by atoms with Gasteiger partial charge in [0.1, 0.15) is 18.1 Å². The molecule has 0 aromatic rings. The molecule has 1 fully saturated rings. The van der Waals surface area contributed by atoms with Gasteiger partial charge in [-0.1, -0.05) is 20.3 Å². The second-order valence-corrected chi connectivity index (χ2v) is 9.62. The second-order valence-electron chi connectivity index (χ2n) is 8.63. The third-order valence-corrected chi connectivity index (χ3v) is 6.79. The van der Waals surface area contributed by atoms with Gasteiger partial charge in [-0.3, -0.25) is 14.4 Å². The highest BCUT2D eigenvalue weighted by molar-refractivity contribution is 7.98. The van der Waals surface area contributed by atoms with Gasteiger partial charge in [0.2, 0.25) is 17.7 Å². The first kappa shape index (κ1) is 29.2.